The van der Waals surface area contributed by atoms with Crippen molar-refractivity contribution in [2.45, 2.75) is 45.6 Å². The SMILES string of the molecule is CC(C)C1(CNCC2CCC=CO2)CC1. The number of ether oxygens (including phenoxy) is 1. The lowest BCUT2D eigenvalue weighted by Crippen LogP contribution is -2.34. The van der Waals surface area contributed by atoms with E-state index in [0.717, 1.165) is 18.9 Å². The molecule has 1 atom stereocenters. The largest absolute Gasteiger partial charge is 0.497 e. The Hall–Kier alpha value is -0.500. The zero-order chi connectivity index (χ0) is 10.7. The minimum atomic E-state index is 0.401. The fraction of sp³-hybridized carbons (Fsp3) is 0.846. The van der Waals surface area contributed by atoms with Crippen LogP contribution in [0.3, 0.4) is 0 Å². The summed E-state index contributed by atoms with van der Waals surface area (Å²) in [6, 6.07) is 0. The fourth-order valence-corrected chi connectivity index (χ4v) is 2.34. The average Bonchev–Trinajstić information content (AvgIpc) is 3.01. The summed E-state index contributed by atoms with van der Waals surface area (Å²) in [5.41, 5.74) is 0.616. The van der Waals surface area contributed by atoms with E-state index < -0.39 is 0 Å². The molecule has 0 aromatic rings. The van der Waals surface area contributed by atoms with Gasteiger partial charge in [0.05, 0.1) is 6.26 Å². The molecule has 2 rings (SSSR count). The van der Waals surface area contributed by atoms with Crippen molar-refractivity contribution in [2.75, 3.05) is 13.1 Å². The van der Waals surface area contributed by atoms with Gasteiger partial charge in [0.2, 0.25) is 0 Å². The maximum atomic E-state index is 5.53. The quantitative estimate of drug-likeness (QED) is 0.751. The number of allylic oxidation sites excluding steroid dienone is 1. The minimum Gasteiger partial charge on any atom is -0.497 e. The zero-order valence-electron chi connectivity index (χ0n) is 9.96. The second kappa shape index (κ2) is 4.56. The molecule has 15 heavy (non-hydrogen) atoms. The number of hydrogen-bond acceptors (Lipinski definition) is 2. The summed E-state index contributed by atoms with van der Waals surface area (Å²) < 4.78 is 5.53. The number of nitrogens with one attached hydrogen (secondary N) is 1. The van der Waals surface area contributed by atoms with Gasteiger partial charge in [-0.1, -0.05) is 13.8 Å². The Balaban J connectivity index is 1.64. The highest BCUT2D eigenvalue weighted by atomic mass is 16.5. The summed E-state index contributed by atoms with van der Waals surface area (Å²) in [6.07, 6.45) is 9.50. The van der Waals surface area contributed by atoms with Gasteiger partial charge in [-0.2, -0.15) is 0 Å². The van der Waals surface area contributed by atoms with E-state index in [1.807, 2.05) is 6.26 Å². The predicted octanol–water partition coefficient (Wildman–Crippen LogP) is 2.70. The summed E-state index contributed by atoms with van der Waals surface area (Å²) in [7, 11) is 0. The molecule has 1 saturated carbocycles. The Morgan fingerprint density at radius 2 is 2.27 bits per heavy atom. The van der Waals surface area contributed by atoms with Gasteiger partial charge in [0.25, 0.3) is 0 Å². The number of hydrogen-bond donors (Lipinski definition) is 1. The molecule has 0 saturated heterocycles. The number of rotatable bonds is 5. The smallest absolute Gasteiger partial charge is 0.110 e. The second-order valence-corrected chi connectivity index (χ2v) is 5.36. The van der Waals surface area contributed by atoms with Gasteiger partial charge in [0.1, 0.15) is 6.10 Å². The van der Waals surface area contributed by atoms with Crippen molar-refractivity contribution >= 4 is 0 Å². The molecule has 2 aliphatic rings. The van der Waals surface area contributed by atoms with Crippen LogP contribution in [-0.4, -0.2) is 19.2 Å². The van der Waals surface area contributed by atoms with E-state index in [2.05, 4.69) is 25.2 Å². The van der Waals surface area contributed by atoms with E-state index >= 15 is 0 Å². The summed E-state index contributed by atoms with van der Waals surface area (Å²) >= 11 is 0. The van der Waals surface area contributed by atoms with Crippen molar-refractivity contribution in [3.63, 3.8) is 0 Å². The van der Waals surface area contributed by atoms with Gasteiger partial charge >= 0.3 is 0 Å². The van der Waals surface area contributed by atoms with Crippen LogP contribution in [0.15, 0.2) is 12.3 Å². The molecule has 1 N–H and O–H groups in total. The maximum Gasteiger partial charge on any atom is 0.110 e. The molecule has 1 aliphatic heterocycles. The summed E-state index contributed by atoms with van der Waals surface area (Å²) in [4.78, 5) is 0. The van der Waals surface area contributed by atoms with Crippen LogP contribution in [-0.2, 0) is 4.74 Å². The van der Waals surface area contributed by atoms with Gasteiger partial charge in [-0.15, -0.1) is 0 Å². The van der Waals surface area contributed by atoms with Gasteiger partial charge in [0, 0.05) is 13.1 Å². The normalized spacial score (nSPS) is 27.8. The molecule has 0 radical (unpaired) electrons. The third-order valence-electron chi connectivity index (χ3n) is 3.99. The highest BCUT2D eigenvalue weighted by molar-refractivity contribution is 4.97. The van der Waals surface area contributed by atoms with Crippen LogP contribution in [0.2, 0.25) is 0 Å². The molecular formula is C13H23NO. The first-order chi connectivity index (χ1) is 7.23. The molecule has 0 aromatic heterocycles. The topological polar surface area (TPSA) is 21.3 Å². The van der Waals surface area contributed by atoms with E-state index in [-0.39, 0.29) is 0 Å². The molecule has 1 heterocycles. The van der Waals surface area contributed by atoms with Crippen LogP contribution < -0.4 is 5.32 Å². The molecule has 1 fully saturated rings. The minimum absolute atomic E-state index is 0.401. The summed E-state index contributed by atoms with van der Waals surface area (Å²) in [5, 5.41) is 3.58. The van der Waals surface area contributed by atoms with Crippen molar-refractivity contribution < 1.29 is 4.74 Å². The van der Waals surface area contributed by atoms with Gasteiger partial charge in [-0.05, 0) is 43.1 Å². The first-order valence-corrected chi connectivity index (χ1v) is 6.24. The van der Waals surface area contributed by atoms with Crippen molar-refractivity contribution in [2.24, 2.45) is 11.3 Å². The van der Waals surface area contributed by atoms with Crippen LogP contribution in [0.25, 0.3) is 0 Å². The van der Waals surface area contributed by atoms with Crippen molar-refractivity contribution in [3.8, 4) is 0 Å². The maximum absolute atomic E-state index is 5.53. The van der Waals surface area contributed by atoms with Gasteiger partial charge in [-0.25, -0.2) is 0 Å². The molecule has 1 aliphatic carbocycles. The van der Waals surface area contributed by atoms with E-state index in [0.29, 0.717) is 11.5 Å². The Bertz CT molecular complexity index is 231. The fourth-order valence-electron chi connectivity index (χ4n) is 2.34. The molecule has 1 unspecified atom stereocenters. The first-order valence-electron chi connectivity index (χ1n) is 6.24. The predicted molar refractivity (Wildman–Crippen MR) is 62.6 cm³/mol. The van der Waals surface area contributed by atoms with Crippen molar-refractivity contribution in [1.29, 1.82) is 0 Å². The Morgan fingerprint density at radius 1 is 1.47 bits per heavy atom. The molecule has 0 aromatic carbocycles. The Kier molecular flexibility index (Phi) is 3.35. The van der Waals surface area contributed by atoms with Crippen LogP contribution in [0.5, 0.6) is 0 Å². The standard InChI is InChI=1S/C13H23NO/c1-11(2)13(6-7-13)10-14-9-12-5-3-4-8-15-12/h4,8,11-12,14H,3,5-7,9-10H2,1-2H3. The Labute approximate surface area is 93.1 Å². The summed E-state index contributed by atoms with van der Waals surface area (Å²) in [5.74, 6) is 0.817. The lowest BCUT2D eigenvalue weighted by Gasteiger charge is -2.24. The third kappa shape index (κ3) is 2.75. The lowest BCUT2D eigenvalue weighted by atomic mass is 9.92. The molecule has 0 amide bonds. The summed E-state index contributed by atoms with van der Waals surface area (Å²) in [6.45, 7) is 6.87. The highest BCUT2D eigenvalue weighted by Gasteiger charge is 2.44. The Morgan fingerprint density at radius 3 is 2.80 bits per heavy atom. The van der Waals surface area contributed by atoms with Crippen LogP contribution in [0, 0.1) is 11.3 Å². The monoisotopic (exact) mass is 209 g/mol. The molecule has 0 bridgehead atoms. The highest BCUT2D eigenvalue weighted by Crippen LogP contribution is 2.51. The van der Waals surface area contributed by atoms with E-state index in [1.165, 1.54) is 25.8 Å². The average molecular weight is 209 g/mol. The van der Waals surface area contributed by atoms with Crippen LogP contribution in [0.1, 0.15) is 39.5 Å². The zero-order valence-corrected chi connectivity index (χ0v) is 9.96. The van der Waals surface area contributed by atoms with Gasteiger partial charge in [-0.3, -0.25) is 0 Å². The van der Waals surface area contributed by atoms with Crippen molar-refractivity contribution in [1.82, 2.24) is 5.32 Å². The lowest BCUT2D eigenvalue weighted by molar-refractivity contribution is 0.119. The van der Waals surface area contributed by atoms with Crippen LogP contribution >= 0.6 is 0 Å². The van der Waals surface area contributed by atoms with E-state index in [1.54, 1.807) is 0 Å². The van der Waals surface area contributed by atoms with E-state index in [4.69, 9.17) is 4.74 Å². The molecule has 2 nitrogen and oxygen atoms in total. The van der Waals surface area contributed by atoms with Crippen molar-refractivity contribution in [3.05, 3.63) is 12.3 Å². The molecule has 86 valence electrons. The van der Waals surface area contributed by atoms with E-state index in [9.17, 15) is 0 Å². The molecular weight excluding hydrogens is 186 g/mol. The van der Waals surface area contributed by atoms with Gasteiger partial charge < -0.3 is 10.1 Å². The second-order valence-electron chi connectivity index (χ2n) is 5.36. The first kappa shape index (κ1) is 11.0. The van der Waals surface area contributed by atoms with Gasteiger partial charge in [0.15, 0.2) is 0 Å². The van der Waals surface area contributed by atoms with Crippen LogP contribution in [0.4, 0.5) is 0 Å². The third-order valence-corrected chi connectivity index (χ3v) is 3.99. The molecule has 0 spiro atoms. The molecule has 2 heteroatoms.